The Morgan fingerprint density at radius 2 is 1.59 bits per heavy atom. The minimum Gasteiger partial charge on any atom is -0.505 e. The molecule has 0 spiro atoms. The Hall–Kier alpha value is -4.14. The van der Waals surface area contributed by atoms with E-state index in [1.165, 1.54) is 18.2 Å². The highest BCUT2D eigenvalue weighted by atomic mass is 16.3. The average Bonchev–Trinajstić information content (AvgIpc) is 3.26. The topological polar surface area (TPSA) is 151 Å². The second-order valence-electron chi connectivity index (χ2n) is 7.75. The lowest BCUT2D eigenvalue weighted by Gasteiger charge is -2.20. The maximum atomic E-state index is 12.7. The van der Waals surface area contributed by atoms with Crippen LogP contribution in [-0.4, -0.2) is 23.0 Å². The van der Waals surface area contributed by atoms with Gasteiger partial charge in [0, 0.05) is 11.7 Å². The predicted octanol–water partition coefficient (Wildman–Crippen LogP) is 1.86. The van der Waals surface area contributed by atoms with Crippen molar-refractivity contribution in [2.45, 2.75) is 25.3 Å². The molecule has 1 fully saturated rings. The molecule has 0 aliphatic heterocycles. The van der Waals surface area contributed by atoms with Gasteiger partial charge in [-0.3, -0.25) is 19.2 Å². The smallest absolute Gasteiger partial charge is 0.255 e. The van der Waals surface area contributed by atoms with Crippen LogP contribution >= 0.6 is 0 Å². The lowest BCUT2D eigenvalue weighted by atomic mass is 10.0. The largest absolute Gasteiger partial charge is 0.505 e. The van der Waals surface area contributed by atoms with Gasteiger partial charge in [-0.15, -0.1) is 0 Å². The fourth-order valence-corrected chi connectivity index (χ4v) is 3.98. The maximum Gasteiger partial charge on any atom is 0.255 e. The maximum absolute atomic E-state index is 12.7. The van der Waals surface area contributed by atoms with Crippen LogP contribution < -0.4 is 32.5 Å². The molecule has 2 amide bonds. The number of nitrogens with two attached hydrogens (primary N) is 1. The number of phenols is 1. The molecule has 6 N–H and O–H groups in total. The summed E-state index contributed by atoms with van der Waals surface area (Å²) >= 11 is 0. The molecule has 1 saturated carbocycles. The second-order valence-corrected chi connectivity index (χ2v) is 7.75. The van der Waals surface area contributed by atoms with E-state index in [0.717, 1.165) is 6.42 Å². The minimum atomic E-state index is -0.729. The third kappa shape index (κ3) is 3.92. The molecule has 0 radical (unpaired) electrons. The van der Waals surface area contributed by atoms with Crippen molar-refractivity contribution >= 4 is 34.6 Å². The van der Waals surface area contributed by atoms with E-state index in [1.807, 2.05) is 6.07 Å². The zero-order chi connectivity index (χ0) is 22.8. The molecule has 0 aromatic heterocycles. The highest BCUT2D eigenvalue weighted by Gasteiger charge is 2.33. The number of rotatable bonds is 7. The molecule has 3 aromatic carbocycles. The number of hydrogen-bond acceptors (Lipinski definition) is 7. The van der Waals surface area contributed by atoms with Gasteiger partial charge in [0.05, 0.1) is 17.2 Å². The highest BCUT2D eigenvalue weighted by molar-refractivity contribution is 5.99. The number of para-hydroxylation sites is 2. The quantitative estimate of drug-likeness (QED) is 0.281. The van der Waals surface area contributed by atoms with Gasteiger partial charge in [-0.05, 0) is 37.1 Å². The second kappa shape index (κ2) is 8.54. The summed E-state index contributed by atoms with van der Waals surface area (Å²) in [6, 6.07) is 12.9. The molecule has 9 nitrogen and oxygen atoms in total. The van der Waals surface area contributed by atoms with Gasteiger partial charge in [0.25, 0.3) is 16.8 Å². The fourth-order valence-electron chi connectivity index (χ4n) is 3.98. The monoisotopic (exact) mass is 434 g/mol. The Morgan fingerprint density at radius 3 is 2.28 bits per heavy atom. The van der Waals surface area contributed by atoms with Gasteiger partial charge < -0.3 is 26.8 Å². The van der Waals surface area contributed by atoms with E-state index in [4.69, 9.17) is 5.73 Å². The highest BCUT2D eigenvalue weighted by Crippen LogP contribution is 2.33. The predicted molar refractivity (Wildman–Crippen MR) is 120 cm³/mol. The van der Waals surface area contributed by atoms with Crippen LogP contribution in [-0.2, 0) is 4.79 Å². The first-order valence-corrected chi connectivity index (χ1v) is 10.2. The van der Waals surface area contributed by atoms with Crippen LogP contribution in [0.2, 0.25) is 0 Å². The summed E-state index contributed by atoms with van der Waals surface area (Å²) in [6.07, 6.45) is 2.00. The number of primary amides is 1. The van der Waals surface area contributed by atoms with Crippen molar-refractivity contribution in [1.29, 1.82) is 0 Å². The molecule has 0 saturated heterocycles. The summed E-state index contributed by atoms with van der Waals surface area (Å²) in [5, 5.41) is 19.1. The van der Waals surface area contributed by atoms with Crippen LogP contribution in [0.4, 0.5) is 22.7 Å². The Labute approximate surface area is 183 Å². The van der Waals surface area contributed by atoms with Crippen molar-refractivity contribution in [3.63, 3.8) is 0 Å². The van der Waals surface area contributed by atoms with Crippen LogP contribution in [0.5, 0.6) is 5.75 Å². The first-order valence-electron chi connectivity index (χ1n) is 10.2. The van der Waals surface area contributed by atoms with Crippen molar-refractivity contribution in [3.05, 3.63) is 74.5 Å². The lowest BCUT2D eigenvalue weighted by Crippen LogP contribution is -2.42. The summed E-state index contributed by atoms with van der Waals surface area (Å²) in [4.78, 5) is 48.5. The SMILES string of the molecule is NC(=O)[C@@H]1CCC[C@@H]1NC(=O)c1cccc(Nc2c(Nc3ccccc3)c(=O)c2=O)c1O. The third-order valence-corrected chi connectivity index (χ3v) is 5.69. The van der Waals surface area contributed by atoms with Gasteiger partial charge in [-0.25, -0.2) is 0 Å². The summed E-state index contributed by atoms with van der Waals surface area (Å²) in [6.45, 7) is 0. The molecular weight excluding hydrogens is 412 g/mol. The van der Waals surface area contributed by atoms with Crippen LogP contribution in [0.3, 0.4) is 0 Å². The zero-order valence-corrected chi connectivity index (χ0v) is 17.1. The number of nitrogens with one attached hydrogen (secondary N) is 3. The number of amides is 2. The van der Waals surface area contributed by atoms with Gasteiger partial charge in [0.15, 0.2) is 5.75 Å². The van der Waals surface area contributed by atoms with E-state index < -0.39 is 34.6 Å². The number of carbonyl (C=O) groups excluding carboxylic acids is 2. The molecule has 0 heterocycles. The fraction of sp³-hybridized carbons (Fsp3) is 0.217. The summed E-state index contributed by atoms with van der Waals surface area (Å²) in [5.41, 5.74) is 4.77. The molecule has 2 atom stereocenters. The summed E-state index contributed by atoms with van der Waals surface area (Å²) in [7, 11) is 0. The summed E-state index contributed by atoms with van der Waals surface area (Å²) < 4.78 is 0. The number of aromatic hydroxyl groups is 1. The molecule has 164 valence electrons. The molecule has 0 unspecified atom stereocenters. The van der Waals surface area contributed by atoms with E-state index in [0.29, 0.717) is 18.5 Å². The van der Waals surface area contributed by atoms with Gasteiger partial charge >= 0.3 is 0 Å². The third-order valence-electron chi connectivity index (χ3n) is 5.69. The van der Waals surface area contributed by atoms with Crippen LogP contribution in [0.1, 0.15) is 29.6 Å². The Morgan fingerprint density at radius 1 is 0.906 bits per heavy atom. The van der Waals surface area contributed by atoms with E-state index in [-0.39, 0.29) is 28.4 Å². The van der Waals surface area contributed by atoms with Crippen molar-refractivity contribution in [2.24, 2.45) is 11.7 Å². The standard InChI is InChI=1S/C23H22N4O5/c24-22(31)13-8-4-10-15(13)27-23(32)14-9-5-11-16(19(14)28)26-18-17(20(29)21(18)30)25-12-6-2-1-3-7-12/h1-3,5-7,9,11,13,15,25-26,28H,4,8,10H2,(H2,24,31)(H,27,32)/t13-,15+/m1/s1. The Kier molecular flexibility index (Phi) is 5.63. The first-order chi connectivity index (χ1) is 15.4. The number of anilines is 4. The van der Waals surface area contributed by atoms with E-state index in [9.17, 15) is 24.3 Å². The van der Waals surface area contributed by atoms with Crippen molar-refractivity contribution < 1.29 is 14.7 Å². The molecule has 4 rings (SSSR count). The van der Waals surface area contributed by atoms with E-state index in [1.54, 1.807) is 24.3 Å². The van der Waals surface area contributed by atoms with Gasteiger partial charge in [0.2, 0.25) is 5.91 Å². The molecule has 0 bridgehead atoms. The number of hydrogen-bond donors (Lipinski definition) is 5. The van der Waals surface area contributed by atoms with Crippen LogP contribution in [0, 0.1) is 5.92 Å². The normalized spacial score (nSPS) is 17.8. The van der Waals surface area contributed by atoms with Gasteiger partial charge in [0.1, 0.15) is 11.4 Å². The van der Waals surface area contributed by atoms with E-state index in [2.05, 4.69) is 16.0 Å². The molecule has 1 aliphatic carbocycles. The number of carbonyl (C=O) groups is 2. The van der Waals surface area contributed by atoms with Gasteiger partial charge in [-0.2, -0.15) is 0 Å². The average molecular weight is 434 g/mol. The first kappa shape index (κ1) is 21.1. The number of phenolic OH excluding ortho intramolecular Hbond substituents is 1. The zero-order valence-electron chi connectivity index (χ0n) is 17.1. The number of benzene rings is 2. The van der Waals surface area contributed by atoms with Crippen molar-refractivity contribution in [2.75, 3.05) is 10.6 Å². The molecule has 1 aliphatic rings. The van der Waals surface area contributed by atoms with Crippen LogP contribution in [0.25, 0.3) is 0 Å². The Bertz CT molecular complexity index is 1250. The van der Waals surface area contributed by atoms with Gasteiger partial charge in [-0.1, -0.05) is 30.7 Å². The van der Waals surface area contributed by atoms with E-state index >= 15 is 0 Å². The molecule has 3 aromatic rings. The minimum absolute atomic E-state index is 0.00343. The summed E-state index contributed by atoms with van der Waals surface area (Å²) in [5.74, 6) is -1.85. The van der Waals surface area contributed by atoms with Crippen LogP contribution in [0.15, 0.2) is 58.1 Å². The lowest BCUT2D eigenvalue weighted by molar-refractivity contribution is -0.122. The molecule has 32 heavy (non-hydrogen) atoms. The van der Waals surface area contributed by atoms with Crippen molar-refractivity contribution in [3.8, 4) is 5.75 Å². The van der Waals surface area contributed by atoms with Crippen molar-refractivity contribution in [1.82, 2.24) is 5.32 Å². The molecular formula is C23H22N4O5. The molecule has 9 heteroatoms. The Balaban J connectivity index is 1.55.